The average molecular weight is 550 g/mol. The maximum Gasteiger partial charge on any atom is 0.296 e. The molecule has 0 spiro atoms. The van der Waals surface area contributed by atoms with E-state index in [1.54, 1.807) is 36.4 Å². The number of amides is 1. The van der Waals surface area contributed by atoms with Crippen LogP contribution in [0.15, 0.2) is 92.2 Å². The molecule has 3 aromatic heterocycles. The second-order valence-corrected chi connectivity index (χ2v) is 11.3. The predicted octanol–water partition coefficient (Wildman–Crippen LogP) is 6.56. The van der Waals surface area contributed by atoms with Gasteiger partial charge in [-0.05, 0) is 41.3 Å². The van der Waals surface area contributed by atoms with Gasteiger partial charge in [-0.1, -0.05) is 59.5 Å². The summed E-state index contributed by atoms with van der Waals surface area (Å²) < 4.78 is 19.5. The minimum Gasteiger partial charge on any atom is -0.503 e. The van der Waals surface area contributed by atoms with Gasteiger partial charge in [-0.25, -0.2) is 4.39 Å². The van der Waals surface area contributed by atoms with Crippen molar-refractivity contribution in [3.05, 3.63) is 105 Å². The smallest absolute Gasteiger partial charge is 0.296 e. The SMILES string of the molecule is O=C(C1=C(O)C(=O)N(c2nnc(SCc3ccc(F)cc3)s2)[C@H]1c1cccs1)c1cc2ccccc2o1. The molecule has 1 aliphatic heterocycles. The summed E-state index contributed by atoms with van der Waals surface area (Å²) in [5.74, 6) is -1.68. The molecule has 6 rings (SSSR count). The first kappa shape index (κ1) is 23.6. The highest BCUT2D eigenvalue weighted by Gasteiger charge is 2.47. The van der Waals surface area contributed by atoms with Gasteiger partial charge in [0.2, 0.25) is 10.9 Å². The lowest BCUT2D eigenvalue weighted by Gasteiger charge is -2.22. The number of anilines is 1. The fourth-order valence-corrected chi connectivity index (χ4v) is 6.71. The molecule has 37 heavy (non-hydrogen) atoms. The van der Waals surface area contributed by atoms with Crippen molar-refractivity contribution in [3.63, 3.8) is 0 Å². The molecule has 184 valence electrons. The van der Waals surface area contributed by atoms with Crippen molar-refractivity contribution in [2.75, 3.05) is 4.90 Å². The number of fused-ring (bicyclic) bond motifs is 1. The third-order valence-electron chi connectivity index (χ3n) is 5.79. The van der Waals surface area contributed by atoms with Gasteiger partial charge in [0.05, 0.1) is 5.57 Å². The fraction of sp³-hybridized carbons (Fsp3) is 0.0769. The number of carbonyl (C=O) groups excluding carboxylic acids is 2. The molecule has 1 atom stereocenters. The van der Waals surface area contributed by atoms with Gasteiger partial charge in [0.1, 0.15) is 17.4 Å². The molecule has 0 fully saturated rings. The average Bonchev–Trinajstić information content (AvgIpc) is 3.70. The van der Waals surface area contributed by atoms with E-state index in [0.717, 1.165) is 10.9 Å². The molecule has 1 aliphatic rings. The summed E-state index contributed by atoms with van der Waals surface area (Å²) in [6, 6.07) is 17.7. The number of benzene rings is 2. The van der Waals surface area contributed by atoms with Crippen LogP contribution in [0.3, 0.4) is 0 Å². The Morgan fingerprint density at radius 3 is 2.68 bits per heavy atom. The number of thiophene rings is 1. The van der Waals surface area contributed by atoms with Crippen LogP contribution >= 0.6 is 34.4 Å². The Balaban J connectivity index is 1.32. The van der Waals surface area contributed by atoms with Gasteiger partial charge >= 0.3 is 0 Å². The number of hydrogen-bond donors (Lipinski definition) is 1. The van der Waals surface area contributed by atoms with Gasteiger partial charge in [0.25, 0.3) is 5.91 Å². The molecule has 0 saturated carbocycles. The number of rotatable bonds is 7. The van der Waals surface area contributed by atoms with Crippen molar-refractivity contribution in [2.24, 2.45) is 0 Å². The maximum absolute atomic E-state index is 13.6. The molecule has 0 saturated heterocycles. The molecule has 1 amide bonds. The van der Waals surface area contributed by atoms with Crippen molar-refractivity contribution in [1.29, 1.82) is 0 Å². The van der Waals surface area contributed by atoms with E-state index < -0.39 is 23.5 Å². The number of aliphatic hydroxyl groups excluding tert-OH is 1. The molecule has 0 unspecified atom stereocenters. The zero-order valence-corrected chi connectivity index (χ0v) is 21.3. The lowest BCUT2D eigenvalue weighted by atomic mass is 10.0. The van der Waals surface area contributed by atoms with Gasteiger partial charge in [0.15, 0.2) is 15.9 Å². The summed E-state index contributed by atoms with van der Waals surface area (Å²) >= 11 is 3.93. The minimum absolute atomic E-state index is 0.0340. The van der Waals surface area contributed by atoms with Gasteiger partial charge < -0.3 is 9.52 Å². The number of nitrogens with zero attached hydrogens (tertiary/aromatic N) is 3. The topological polar surface area (TPSA) is 96.5 Å². The first-order valence-corrected chi connectivity index (χ1v) is 13.7. The normalized spacial score (nSPS) is 15.8. The number of thioether (sulfide) groups is 1. The highest BCUT2D eigenvalue weighted by atomic mass is 32.2. The Morgan fingerprint density at radius 2 is 1.92 bits per heavy atom. The third-order valence-corrected chi connectivity index (χ3v) is 8.84. The Kier molecular flexibility index (Phi) is 6.11. The van der Waals surface area contributed by atoms with E-state index in [-0.39, 0.29) is 22.3 Å². The second-order valence-electron chi connectivity index (χ2n) is 8.10. The molecule has 1 N–H and O–H groups in total. The van der Waals surface area contributed by atoms with Crippen LogP contribution in [0.1, 0.15) is 27.0 Å². The standard InChI is InChI=1S/C26H16FN3O4S3/c27-16-9-7-14(8-10-16)13-36-26-29-28-25(37-26)30-21(19-6-3-11-35-19)20(23(32)24(30)33)22(31)18-12-15-4-1-2-5-17(15)34-18/h1-12,21,32H,13H2/t21-/m0/s1. The zero-order valence-electron chi connectivity index (χ0n) is 18.8. The van der Waals surface area contributed by atoms with Gasteiger partial charge in [-0.2, -0.15) is 0 Å². The van der Waals surface area contributed by atoms with E-state index in [2.05, 4.69) is 10.2 Å². The number of ketones is 1. The van der Waals surface area contributed by atoms with Crippen LogP contribution in [0, 0.1) is 5.82 Å². The fourth-order valence-electron chi connectivity index (χ4n) is 4.06. The molecule has 5 aromatic rings. The monoisotopic (exact) mass is 549 g/mol. The summed E-state index contributed by atoms with van der Waals surface area (Å²) in [5, 5.41) is 22.1. The second kappa shape index (κ2) is 9.58. The molecule has 4 heterocycles. The van der Waals surface area contributed by atoms with E-state index in [4.69, 9.17) is 4.42 Å². The van der Waals surface area contributed by atoms with E-state index in [1.807, 2.05) is 23.6 Å². The molecule has 0 radical (unpaired) electrons. The van der Waals surface area contributed by atoms with Gasteiger partial charge in [-0.15, -0.1) is 21.5 Å². The molecule has 7 nitrogen and oxygen atoms in total. The molecular formula is C26H16FN3O4S3. The van der Waals surface area contributed by atoms with Crippen molar-refractivity contribution < 1.29 is 23.5 Å². The Morgan fingerprint density at radius 1 is 1.11 bits per heavy atom. The predicted molar refractivity (Wildman–Crippen MR) is 141 cm³/mol. The van der Waals surface area contributed by atoms with Crippen LogP contribution in [0.25, 0.3) is 11.0 Å². The van der Waals surface area contributed by atoms with Gasteiger partial charge in [0, 0.05) is 16.0 Å². The zero-order chi connectivity index (χ0) is 25.5. The lowest BCUT2D eigenvalue weighted by molar-refractivity contribution is -0.117. The van der Waals surface area contributed by atoms with Crippen molar-refractivity contribution >= 4 is 62.2 Å². The molecule has 0 aliphatic carbocycles. The Hall–Kier alpha value is -3.80. The number of furan rings is 1. The lowest BCUT2D eigenvalue weighted by Crippen LogP contribution is -2.30. The van der Waals surface area contributed by atoms with Crippen LogP contribution in [0.2, 0.25) is 0 Å². The van der Waals surface area contributed by atoms with Crippen molar-refractivity contribution in [1.82, 2.24) is 10.2 Å². The first-order chi connectivity index (χ1) is 18.0. The minimum atomic E-state index is -0.879. The van der Waals surface area contributed by atoms with Crippen LogP contribution in [0.5, 0.6) is 0 Å². The number of aromatic nitrogens is 2. The summed E-state index contributed by atoms with van der Waals surface area (Å²) in [4.78, 5) is 28.9. The highest BCUT2D eigenvalue weighted by Crippen LogP contribution is 2.45. The number of aliphatic hydroxyl groups is 1. The molecule has 2 aromatic carbocycles. The summed E-state index contributed by atoms with van der Waals surface area (Å²) in [5.41, 5.74) is 1.38. The van der Waals surface area contributed by atoms with E-state index in [9.17, 15) is 19.1 Å². The van der Waals surface area contributed by atoms with Gasteiger partial charge in [-0.3, -0.25) is 14.5 Å². The van der Waals surface area contributed by atoms with Crippen LogP contribution < -0.4 is 4.90 Å². The molecular weight excluding hydrogens is 534 g/mol. The number of carbonyl (C=O) groups is 2. The number of halogens is 1. The summed E-state index contributed by atoms with van der Waals surface area (Å²) in [6.45, 7) is 0. The maximum atomic E-state index is 13.6. The Bertz CT molecular complexity index is 1620. The summed E-state index contributed by atoms with van der Waals surface area (Å²) in [6.07, 6.45) is 0. The highest BCUT2D eigenvalue weighted by molar-refractivity contribution is 8.00. The molecule has 11 heteroatoms. The number of para-hydroxylation sites is 1. The first-order valence-electron chi connectivity index (χ1n) is 11.0. The van der Waals surface area contributed by atoms with Crippen molar-refractivity contribution in [3.8, 4) is 0 Å². The molecule has 0 bridgehead atoms. The summed E-state index contributed by atoms with van der Waals surface area (Å²) in [7, 11) is 0. The third kappa shape index (κ3) is 4.35. The number of hydrogen-bond acceptors (Lipinski definition) is 9. The van der Waals surface area contributed by atoms with Crippen molar-refractivity contribution in [2.45, 2.75) is 16.1 Å². The van der Waals surface area contributed by atoms with E-state index in [1.165, 1.54) is 51.5 Å². The van der Waals surface area contributed by atoms with Crippen LogP contribution in [-0.2, 0) is 10.5 Å². The van der Waals surface area contributed by atoms with Crippen LogP contribution in [-0.4, -0.2) is 27.0 Å². The number of Topliss-reactive ketones (excluding diaryl/α,β-unsaturated/α-hetero) is 1. The largest absolute Gasteiger partial charge is 0.503 e. The van der Waals surface area contributed by atoms with Crippen LogP contribution in [0.4, 0.5) is 9.52 Å². The Labute approximate surface area is 221 Å². The van der Waals surface area contributed by atoms with E-state index in [0.29, 0.717) is 20.6 Å². The quantitative estimate of drug-likeness (QED) is 0.140. The van der Waals surface area contributed by atoms with E-state index >= 15 is 0 Å².